The van der Waals surface area contributed by atoms with E-state index in [2.05, 4.69) is 59.4 Å². The first kappa shape index (κ1) is 18.4. The molecule has 0 fully saturated rings. The van der Waals surface area contributed by atoms with E-state index >= 15 is 0 Å². The molecular formula is C24H21NO2S. The number of hydrogen-bond donors (Lipinski definition) is 0. The van der Waals surface area contributed by atoms with Crippen molar-refractivity contribution in [2.75, 3.05) is 13.4 Å². The molecule has 0 aliphatic rings. The van der Waals surface area contributed by atoms with Crippen LogP contribution in [0.25, 0.3) is 22.2 Å². The molecule has 0 aliphatic heterocycles. The van der Waals surface area contributed by atoms with E-state index in [-0.39, 0.29) is 5.97 Å². The maximum Gasteiger partial charge on any atom is 0.337 e. The van der Waals surface area contributed by atoms with Crippen LogP contribution in [0.3, 0.4) is 0 Å². The van der Waals surface area contributed by atoms with Crippen molar-refractivity contribution in [3.05, 3.63) is 90.0 Å². The number of carbonyl (C=O) groups excluding carboxylic acids is 1. The largest absolute Gasteiger partial charge is 0.465 e. The van der Waals surface area contributed by atoms with Crippen LogP contribution in [0.5, 0.6) is 0 Å². The van der Waals surface area contributed by atoms with Crippen molar-refractivity contribution in [2.45, 2.75) is 11.4 Å². The normalized spacial score (nSPS) is 10.9. The Bertz CT molecular complexity index is 1130. The topological polar surface area (TPSA) is 31.2 Å². The lowest BCUT2D eigenvalue weighted by Crippen LogP contribution is -2.05. The third kappa shape index (κ3) is 3.56. The first-order chi connectivity index (χ1) is 13.7. The minimum absolute atomic E-state index is 0.313. The maximum absolute atomic E-state index is 11.9. The summed E-state index contributed by atoms with van der Waals surface area (Å²) in [6.45, 7) is 0.678. The molecule has 0 aliphatic carbocycles. The van der Waals surface area contributed by atoms with E-state index in [1.807, 2.05) is 24.3 Å². The van der Waals surface area contributed by atoms with Crippen LogP contribution in [0, 0.1) is 0 Å². The maximum atomic E-state index is 11.9. The zero-order valence-corrected chi connectivity index (χ0v) is 16.7. The summed E-state index contributed by atoms with van der Waals surface area (Å²) in [5.41, 5.74) is 5.15. The van der Waals surface area contributed by atoms with Crippen molar-refractivity contribution in [1.82, 2.24) is 4.57 Å². The molecule has 1 heterocycles. The molecule has 3 nitrogen and oxygen atoms in total. The van der Waals surface area contributed by atoms with Gasteiger partial charge in [-0.2, -0.15) is 0 Å². The number of fused-ring (bicyclic) bond motifs is 1. The van der Waals surface area contributed by atoms with E-state index in [0.717, 1.165) is 11.3 Å². The SMILES string of the molecule is COC(=O)c1cccc(Cn2c(-c3ccccc3)cc3cc(SC)ccc32)c1. The number of aromatic nitrogens is 1. The Morgan fingerprint density at radius 3 is 2.54 bits per heavy atom. The highest BCUT2D eigenvalue weighted by molar-refractivity contribution is 7.98. The van der Waals surface area contributed by atoms with Gasteiger partial charge in [-0.05, 0) is 53.8 Å². The summed E-state index contributed by atoms with van der Waals surface area (Å²) in [6.07, 6.45) is 2.09. The Balaban J connectivity index is 1.84. The van der Waals surface area contributed by atoms with Crippen LogP contribution in [0.4, 0.5) is 0 Å². The highest BCUT2D eigenvalue weighted by Crippen LogP contribution is 2.31. The zero-order valence-electron chi connectivity index (χ0n) is 15.9. The van der Waals surface area contributed by atoms with Crippen molar-refractivity contribution in [3.8, 4) is 11.3 Å². The fraction of sp³-hybridized carbons (Fsp3) is 0.125. The average Bonchev–Trinajstić information content (AvgIpc) is 3.11. The number of rotatable bonds is 5. The molecule has 4 heteroatoms. The molecule has 0 radical (unpaired) electrons. The van der Waals surface area contributed by atoms with Crippen LogP contribution in [-0.2, 0) is 11.3 Å². The van der Waals surface area contributed by atoms with Gasteiger partial charge in [0, 0.05) is 28.0 Å². The number of carbonyl (C=O) groups is 1. The Morgan fingerprint density at radius 2 is 1.79 bits per heavy atom. The average molecular weight is 388 g/mol. The number of ether oxygens (including phenoxy) is 1. The van der Waals surface area contributed by atoms with Gasteiger partial charge in [-0.25, -0.2) is 4.79 Å². The first-order valence-corrected chi connectivity index (χ1v) is 10.3. The van der Waals surface area contributed by atoms with Gasteiger partial charge in [0.25, 0.3) is 0 Å². The van der Waals surface area contributed by atoms with Crippen LogP contribution in [-0.4, -0.2) is 23.9 Å². The van der Waals surface area contributed by atoms with Gasteiger partial charge in [0.2, 0.25) is 0 Å². The van der Waals surface area contributed by atoms with Crippen LogP contribution in [0.1, 0.15) is 15.9 Å². The van der Waals surface area contributed by atoms with Gasteiger partial charge in [0.05, 0.1) is 12.7 Å². The molecule has 28 heavy (non-hydrogen) atoms. The summed E-state index contributed by atoms with van der Waals surface area (Å²) in [7, 11) is 1.41. The second-order valence-electron chi connectivity index (χ2n) is 6.60. The highest BCUT2D eigenvalue weighted by atomic mass is 32.2. The second kappa shape index (κ2) is 7.95. The number of nitrogens with zero attached hydrogens (tertiary/aromatic N) is 1. The second-order valence-corrected chi connectivity index (χ2v) is 7.48. The molecule has 140 valence electrons. The number of hydrogen-bond acceptors (Lipinski definition) is 3. The molecule has 0 N–H and O–H groups in total. The molecule has 1 aromatic heterocycles. The van der Waals surface area contributed by atoms with Gasteiger partial charge in [-0.15, -0.1) is 11.8 Å². The van der Waals surface area contributed by atoms with Crippen LogP contribution >= 0.6 is 11.8 Å². The third-order valence-electron chi connectivity index (χ3n) is 4.87. The summed E-state index contributed by atoms with van der Waals surface area (Å²) in [6, 6.07) is 26.9. The monoisotopic (exact) mass is 387 g/mol. The minimum Gasteiger partial charge on any atom is -0.465 e. The van der Waals surface area contributed by atoms with Crippen molar-refractivity contribution in [3.63, 3.8) is 0 Å². The predicted octanol–water partition coefficient (Wildman–Crippen LogP) is 5.87. The summed E-state index contributed by atoms with van der Waals surface area (Å²) in [5, 5.41) is 1.22. The van der Waals surface area contributed by atoms with Gasteiger partial charge >= 0.3 is 5.97 Å². The minimum atomic E-state index is -0.313. The van der Waals surface area contributed by atoms with E-state index in [1.54, 1.807) is 17.8 Å². The molecule has 0 atom stereocenters. The standard InChI is InChI=1S/C24H21NO2S/c1-27-24(26)19-10-6-7-17(13-19)16-25-22-12-11-21(28-2)14-20(22)15-23(25)18-8-4-3-5-9-18/h3-15H,16H2,1-2H3. The summed E-state index contributed by atoms with van der Waals surface area (Å²) < 4.78 is 7.18. The number of esters is 1. The number of benzene rings is 3. The molecule has 4 aromatic rings. The van der Waals surface area contributed by atoms with E-state index in [4.69, 9.17) is 4.74 Å². The quantitative estimate of drug-likeness (QED) is 0.317. The molecule has 0 saturated heterocycles. The summed E-state index contributed by atoms with van der Waals surface area (Å²) >= 11 is 1.75. The molecule has 0 amide bonds. The van der Waals surface area contributed by atoms with Crippen molar-refractivity contribution in [2.24, 2.45) is 0 Å². The molecular weight excluding hydrogens is 366 g/mol. The zero-order chi connectivity index (χ0) is 19.5. The fourth-order valence-corrected chi connectivity index (χ4v) is 3.94. The smallest absolute Gasteiger partial charge is 0.337 e. The van der Waals surface area contributed by atoms with Crippen LogP contribution in [0.15, 0.2) is 83.8 Å². The third-order valence-corrected chi connectivity index (χ3v) is 5.59. The molecule has 0 unspecified atom stereocenters. The van der Waals surface area contributed by atoms with Gasteiger partial charge in [-0.3, -0.25) is 0 Å². The fourth-order valence-electron chi connectivity index (χ4n) is 3.49. The Hall–Kier alpha value is -2.98. The van der Waals surface area contributed by atoms with Crippen LogP contribution in [0.2, 0.25) is 0 Å². The Kier molecular flexibility index (Phi) is 5.22. The van der Waals surface area contributed by atoms with E-state index in [9.17, 15) is 4.79 Å². The Morgan fingerprint density at radius 1 is 0.964 bits per heavy atom. The molecule has 4 rings (SSSR count). The lowest BCUT2D eigenvalue weighted by molar-refractivity contribution is 0.0600. The summed E-state index contributed by atoms with van der Waals surface area (Å²) in [4.78, 5) is 13.2. The number of methoxy groups -OCH3 is 1. The van der Waals surface area contributed by atoms with E-state index in [1.165, 1.54) is 28.5 Å². The molecule has 0 spiro atoms. The first-order valence-electron chi connectivity index (χ1n) is 9.09. The molecule has 3 aromatic carbocycles. The van der Waals surface area contributed by atoms with Crippen molar-refractivity contribution >= 4 is 28.6 Å². The highest BCUT2D eigenvalue weighted by Gasteiger charge is 2.13. The number of thioether (sulfide) groups is 1. The van der Waals surface area contributed by atoms with Crippen LogP contribution < -0.4 is 0 Å². The lowest BCUT2D eigenvalue weighted by Gasteiger charge is -2.12. The van der Waals surface area contributed by atoms with Crippen molar-refractivity contribution < 1.29 is 9.53 Å². The Labute approximate surface area is 169 Å². The molecule has 0 bridgehead atoms. The van der Waals surface area contributed by atoms with Gasteiger partial charge in [0.15, 0.2) is 0 Å². The lowest BCUT2D eigenvalue weighted by atomic mass is 10.1. The predicted molar refractivity (Wildman–Crippen MR) is 116 cm³/mol. The summed E-state index contributed by atoms with van der Waals surface area (Å²) in [5.74, 6) is -0.313. The van der Waals surface area contributed by atoms with E-state index in [0.29, 0.717) is 12.1 Å². The van der Waals surface area contributed by atoms with Gasteiger partial charge in [-0.1, -0.05) is 42.5 Å². The van der Waals surface area contributed by atoms with Gasteiger partial charge in [0.1, 0.15) is 0 Å². The molecule has 0 saturated carbocycles. The van der Waals surface area contributed by atoms with E-state index < -0.39 is 0 Å². The van der Waals surface area contributed by atoms with Gasteiger partial charge < -0.3 is 9.30 Å². The van der Waals surface area contributed by atoms with Crippen molar-refractivity contribution in [1.29, 1.82) is 0 Å².